The first-order valence-corrected chi connectivity index (χ1v) is 9.66. The Morgan fingerprint density at radius 1 is 0.781 bits per heavy atom. The Bertz CT molecular complexity index is 1010. The van der Waals surface area contributed by atoms with Gasteiger partial charge in [-0.2, -0.15) is 0 Å². The van der Waals surface area contributed by atoms with E-state index in [0.29, 0.717) is 6.54 Å². The van der Waals surface area contributed by atoms with Gasteiger partial charge in [-0.1, -0.05) is 59.1 Å². The maximum Gasteiger partial charge on any atom is 0.0815 e. The molecule has 0 aliphatic rings. The summed E-state index contributed by atoms with van der Waals surface area (Å²) in [7, 11) is 0. The summed E-state index contributed by atoms with van der Waals surface area (Å²) in [5.41, 5.74) is 11.2. The number of aromatic nitrogens is 1. The van der Waals surface area contributed by atoms with Crippen molar-refractivity contribution in [2.45, 2.75) is 48.1 Å². The number of aryl methyl sites for hydroxylation is 6. The number of pyridine rings is 1. The summed E-state index contributed by atoms with van der Waals surface area (Å²) in [6.07, 6.45) is 1.84. The molecular weight excluding hydrogens is 577 g/mol. The van der Waals surface area contributed by atoms with Crippen molar-refractivity contribution in [1.82, 2.24) is 4.98 Å². The molecule has 1 aromatic heterocycles. The van der Waals surface area contributed by atoms with E-state index in [9.17, 15) is 0 Å². The predicted octanol–water partition coefficient (Wildman–Crippen LogP) is 6.53. The van der Waals surface area contributed by atoms with Crippen LogP contribution in [-0.4, -0.2) is 11.2 Å². The molecule has 0 aliphatic carbocycles. The minimum absolute atomic E-state index is 0. The molecule has 1 heterocycles. The third-order valence-electron chi connectivity index (χ3n) is 4.82. The van der Waals surface area contributed by atoms with Gasteiger partial charge in [0.25, 0.3) is 0 Å². The van der Waals surface area contributed by atoms with Gasteiger partial charge in [0.2, 0.25) is 0 Å². The summed E-state index contributed by atoms with van der Waals surface area (Å²) in [6, 6.07) is 14.7. The van der Waals surface area contributed by atoms with Crippen LogP contribution in [0.15, 0.2) is 47.5 Å². The molecule has 2 aromatic carbocycles. The van der Waals surface area contributed by atoms with E-state index in [1.807, 2.05) is 24.4 Å². The maximum atomic E-state index is 4.81. The van der Waals surface area contributed by atoms with Crippen LogP contribution in [0, 0.1) is 41.5 Å². The third kappa shape index (κ3) is 7.94. The molecule has 0 saturated heterocycles. The van der Waals surface area contributed by atoms with Crippen LogP contribution in [0.5, 0.6) is 0 Å². The second kappa shape index (κ2) is 13.9. The average Bonchev–Trinajstić information content (AvgIpc) is 2.60. The van der Waals surface area contributed by atoms with Crippen LogP contribution in [0.3, 0.4) is 0 Å². The Labute approximate surface area is 204 Å². The molecule has 0 fully saturated rings. The normalized spacial score (nSPS) is 9.81. The van der Waals surface area contributed by atoms with Crippen LogP contribution in [0.1, 0.15) is 44.8 Å². The zero-order chi connectivity index (χ0) is 20.3. The molecule has 0 bridgehead atoms. The molecule has 3 aromatic rings. The molecule has 6 nitrogen and oxygen atoms in total. The fourth-order valence-electron chi connectivity index (χ4n) is 3.75. The molecule has 175 valence electrons. The fraction of sp³-hybridized carbons (Fsp3) is 0.280. The van der Waals surface area contributed by atoms with Crippen LogP contribution in [0.4, 0.5) is 11.4 Å². The van der Waals surface area contributed by atoms with Crippen molar-refractivity contribution < 1.29 is 36.9 Å². The fourth-order valence-corrected chi connectivity index (χ4v) is 3.75. The number of benzene rings is 2. The van der Waals surface area contributed by atoms with E-state index >= 15 is 0 Å². The Kier molecular flexibility index (Phi) is 13.8. The molecule has 0 atom stereocenters. The smallest absolute Gasteiger partial charge is 0.0815 e. The largest absolute Gasteiger partial charge is 2.00 e. The first-order chi connectivity index (χ1) is 13.3. The van der Waals surface area contributed by atoms with Gasteiger partial charge in [-0.25, -0.2) is 0 Å². The maximum absolute atomic E-state index is 4.81. The van der Waals surface area contributed by atoms with E-state index in [4.69, 9.17) is 15.3 Å². The minimum atomic E-state index is 0. The number of hydrogen-bond donors (Lipinski definition) is 0. The summed E-state index contributed by atoms with van der Waals surface area (Å²) in [4.78, 5) is 9.41. The summed E-state index contributed by atoms with van der Waals surface area (Å²) in [6.45, 7) is 13.2. The van der Waals surface area contributed by atoms with Crippen molar-refractivity contribution in [2.75, 3.05) is 0 Å². The molecule has 7 heteroatoms. The minimum Gasteiger partial charge on any atom is -2.00 e. The molecule has 0 spiro atoms. The zero-order valence-electron chi connectivity index (χ0n) is 19.3. The van der Waals surface area contributed by atoms with Gasteiger partial charge in [-0.05, 0) is 64.8 Å². The molecule has 0 unspecified atom stereocenters. The third-order valence-corrected chi connectivity index (χ3v) is 4.82. The van der Waals surface area contributed by atoms with Gasteiger partial charge in [0.15, 0.2) is 0 Å². The van der Waals surface area contributed by atoms with E-state index in [0.717, 1.165) is 22.8 Å². The van der Waals surface area contributed by atoms with E-state index in [1.165, 1.54) is 33.4 Å². The van der Waals surface area contributed by atoms with Crippen molar-refractivity contribution in [3.8, 4) is 0 Å². The van der Waals surface area contributed by atoms with Gasteiger partial charge in [-0.3, -0.25) is 9.98 Å². The van der Waals surface area contributed by atoms with Crippen LogP contribution in [0.25, 0.3) is 5.32 Å². The average molecular weight is 605 g/mol. The van der Waals surface area contributed by atoms with E-state index in [2.05, 4.69) is 65.8 Å². The van der Waals surface area contributed by atoms with Gasteiger partial charge in [0.1, 0.15) is 0 Å². The summed E-state index contributed by atoms with van der Waals surface area (Å²) >= 11 is 0. The van der Waals surface area contributed by atoms with Crippen LogP contribution >= 0.6 is 0 Å². The number of rotatable bonds is 5. The molecule has 0 saturated carbocycles. The van der Waals surface area contributed by atoms with Gasteiger partial charge in [-0.15, -0.1) is 5.69 Å². The quantitative estimate of drug-likeness (QED) is 0.302. The van der Waals surface area contributed by atoms with Crippen LogP contribution in [-0.2, 0) is 43.4 Å². The van der Waals surface area contributed by atoms with E-state index in [1.54, 1.807) is 0 Å². The van der Waals surface area contributed by atoms with Crippen LogP contribution in [0.2, 0.25) is 0 Å². The van der Waals surface area contributed by atoms with Gasteiger partial charge in [0.05, 0.1) is 17.6 Å². The first-order valence-electron chi connectivity index (χ1n) is 9.66. The Morgan fingerprint density at radius 2 is 1.28 bits per heavy atom. The van der Waals surface area contributed by atoms with Gasteiger partial charge >= 0.3 is 0 Å². The van der Waals surface area contributed by atoms with Crippen molar-refractivity contribution in [3.63, 3.8) is 0 Å². The second-order valence-corrected chi connectivity index (χ2v) is 7.62. The van der Waals surface area contributed by atoms with E-state index < -0.39 is 0 Å². The number of hydrogen-bond acceptors (Lipinski definition) is 2. The summed E-state index contributed by atoms with van der Waals surface area (Å²) in [5, 5.41) is 4.81. The summed E-state index contributed by atoms with van der Waals surface area (Å²) in [5.74, 6) is 0. The second-order valence-electron chi connectivity index (χ2n) is 7.62. The van der Waals surface area contributed by atoms with Crippen molar-refractivity contribution >= 4 is 17.6 Å². The molecule has 0 amide bonds. The molecule has 32 heavy (non-hydrogen) atoms. The Balaban J connectivity index is 0. The Hall–Kier alpha value is -2.40. The van der Waals surface area contributed by atoms with Crippen LogP contribution < -0.4 is 0 Å². The SMILES string of the molecule is Cc1cc(C)c(N=Cc2cccc(C[N-]c3c(C)cc(C)cc3C)n2)c(C)c1.[O-2].[O-2].[O-2].[Re]. The number of nitrogens with zero attached hydrogens (tertiary/aromatic N) is 3. The Morgan fingerprint density at radius 3 is 1.81 bits per heavy atom. The van der Waals surface area contributed by atoms with E-state index in [-0.39, 0.29) is 36.9 Å². The van der Waals surface area contributed by atoms with Gasteiger partial charge < -0.3 is 21.7 Å². The molecule has 3 rings (SSSR count). The van der Waals surface area contributed by atoms with Crippen molar-refractivity contribution in [2.24, 2.45) is 4.99 Å². The molecule has 0 aliphatic heterocycles. The predicted molar refractivity (Wildman–Crippen MR) is 122 cm³/mol. The topological polar surface area (TPSA) is 125 Å². The molecule has 1 radical (unpaired) electrons. The molecule has 0 N–H and O–H groups in total. The zero-order valence-corrected chi connectivity index (χ0v) is 22.0. The molecular formula is C25H28N3O3Re-7. The summed E-state index contributed by atoms with van der Waals surface area (Å²) < 4.78 is 0. The van der Waals surface area contributed by atoms with Crippen molar-refractivity contribution in [3.05, 3.63) is 92.5 Å². The van der Waals surface area contributed by atoms with Crippen molar-refractivity contribution in [1.29, 1.82) is 0 Å². The van der Waals surface area contributed by atoms with Gasteiger partial charge in [0, 0.05) is 26.1 Å². The standard InChI is InChI=1S/C25H28N3.3O.Re/c1-16-10-18(3)24(19(4)11-16)26-14-22-8-7-9-23(28-22)15-27-25-20(5)12-17(2)13-21(25)6;;;;/h7-14H,15H2,1-6H3;;;;/q-1;3*-2;. The first kappa shape index (κ1) is 31.8. The monoisotopic (exact) mass is 605 g/mol. The number of aliphatic imine (C=N–C) groups is 1.